The Kier molecular flexibility index (Phi) is 3.65. The molecule has 1 atom stereocenters. The smallest absolute Gasteiger partial charge is 0.273 e. The minimum Gasteiger partial charge on any atom is -0.337 e. The van der Waals surface area contributed by atoms with E-state index < -0.39 is 0 Å². The van der Waals surface area contributed by atoms with Gasteiger partial charge in [0.25, 0.3) is 5.91 Å². The number of hydrogen-bond acceptors (Lipinski definition) is 4. The number of amides is 2. The number of thiazole rings is 1. The maximum atomic E-state index is 12.2. The molecule has 0 radical (unpaired) electrons. The zero-order valence-corrected chi connectivity index (χ0v) is 11.6. The predicted octanol–water partition coefficient (Wildman–Crippen LogP) is 1.97. The molecular weight excluding hydrogens is 250 g/mol. The lowest BCUT2D eigenvalue weighted by molar-refractivity contribution is -0.114. The van der Waals surface area contributed by atoms with E-state index in [9.17, 15) is 9.59 Å². The van der Waals surface area contributed by atoms with Crippen molar-refractivity contribution in [1.82, 2.24) is 9.88 Å². The normalized spacial score (nSPS) is 16.2. The fourth-order valence-corrected chi connectivity index (χ4v) is 2.57. The Morgan fingerprint density at radius 1 is 1.56 bits per heavy atom. The number of hydrogen-bond donors (Lipinski definition) is 1. The van der Waals surface area contributed by atoms with E-state index >= 15 is 0 Å². The Morgan fingerprint density at radius 2 is 2.22 bits per heavy atom. The van der Waals surface area contributed by atoms with Crippen LogP contribution in [0.2, 0.25) is 0 Å². The molecule has 1 heterocycles. The molecule has 5 nitrogen and oxygen atoms in total. The minimum atomic E-state index is -0.178. The molecule has 0 aromatic carbocycles. The molecule has 0 aliphatic heterocycles. The van der Waals surface area contributed by atoms with Gasteiger partial charge < -0.3 is 10.2 Å². The number of nitrogens with zero attached hydrogens (tertiary/aromatic N) is 2. The number of carbonyl (C=O) groups is 2. The summed E-state index contributed by atoms with van der Waals surface area (Å²) in [5.41, 5.74) is 0.402. The second-order valence-corrected chi connectivity index (χ2v) is 5.57. The molecule has 2 rings (SSSR count). The van der Waals surface area contributed by atoms with Crippen molar-refractivity contribution in [2.45, 2.75) is 32.7 Å². The van der Waals surface area contributed by atoms with Crippen LogP contribution in [0.3, 0.4) is 0 Å². The zero-order valence-electron chi connectivity index (χ0n) is 10.8. The van der Waals surface area contributed by atoms with Crippen LogP contribution in [0.15, 0.2) is 5.38 Å². The Labute approximate surface area is 110 Å². The van der Waals surface area contributed by atoms with Gasteiger partial charge in [-0.25, -0.2) is 4.98 Å². The van der Waals surface area contributed by atoms with Crippen molar-refractivity contribution in [3.8, 4) is 0 Å². The van der Waals surface area contributed by atoms with Crippen LogP contribution in [0.1, 0.15) is 37.2 Å². The number of anilines is 1. The fraction of sp³-hybridized carbons (Fsp3) is 0.583. The fourth-order valence-electron chi connectivity index (χ4n) is 1.84. The van der Waals surface area contributed by atoms with Gasteiger partial charge in [-0.15, -0.1) is 11.3 Å². The van der Waals surface area contributed by atoms with Crippen LogP contribution in [0, 0.1) is 5.92 Å². The highest BCUT2D eigenvalue weighted by molar-refractivity contribution is 7.14. The summed E-state index contributed by atoms with van der Waals surface area (Å²) >= 11 is 1.27. The Bertz CT molecular complexity index is 468. The molecular formula is C12H17N3O2S. The highest BCUT2D eigenvalue weighted by Crippen LogP contribution is 2.35. The highest BCUT2D eigenvalue weighted by atomic mass is 32.1. The number of rotatable bonds is 4. The minimum absolute atomic E-state index is 0.0812. The molecule has 6 heteroatoms. The van der Waals surface area contributed by atoms with Crippen molar-refractivity contribution in [3.05, 3.63) is 11.1 Å². The van der Waals surface area contributed by atoms with E-state index in [4.69, 9.17) is 0 Å². The van der Waals surface area contributed by atoms with Gasteiger partial charge in [-0.05, 0) is 25.7 Å². The average molecular weight is 267 g/mol. The summed E-state index contributed by atoms with van der Waals surface area (Å²) in [6.07, 6.45) is 2.40. The second-order valence-electron chi connectivity index (χ2n) is 4.71. The average Bonchev–Trinajstić information content (AvgIpc) is 3.07. The Morgan fingerprint density at radius 3 is 2.78 bits per heavy atom. The van der Waals surface area contributed by atoms with E-state index in [0.29, 0.717) is 16.7 Å². The zero-order chi connectivity index (χ0) is 13.3. The van der Waals surface area contributed by atoms with Gasteiger partial charge in [0, 0.05) is 25.4 Å². The van der Waals surface area contributed by atoms with Crippen LogP contribution in [0.25, 0.3) is 0 Å². The molecule has 0 unspecified atom stereocenters. The lowest BCUT2D eigenvalue weighted by Gasteiger charge is -2.23. The van der Waals surface area contributed by atoms with Crippen LogP contribution >= 0.6 is 11.3 Å². The molecule has 1 aliphatic carbocycles. The van der Waals surface area contributed by atoms with Gasteiger partial charge in [-0.2, -0.15) is 0 Å². The monoisotopic (exact) mass is 267 g/mol. The molecule has 1 N–H and O–H groups in total. The summed E-state index contributed by atoms with van der Waals surface area (Å²) in [6.45, 7) is 3.49. The van der Waals surface area contributed by atoms with Gasteiger partial charge >= 0.3 is 0 Å². The maximum absolute atomic E-state index is 12.2. The Hall–Kier alpha value is -1.43. The molecule has 1 fully saturated rings. The lowest BCUT2D eigenvalue weighted by atomic mass is 10.2. The van der Waals surface area contributed by atoms with Crippen molar-refractivity contribution in [2.75, 3.05) is 12.4 Å². The highest BCUT2D eigenvalue weighted by Gasteiger charge is 2.33. The second kappa shape index (κ2) is 5.06. The van der Waals surface area contributed by atoms with Crippen molar-refractivity contribution in [1.29, 1.82) is 0 Å². The topological polar surface area (TPSA) is 62.3 Å². The van der Waals surface area contributed by atoms with Gasteiger partial charge in [0.1, 0.15) is 5.69 Å². The van der Waals surface area contributed by atoms with Gasteiger partial charge in [0.05, 0.1) is 0 Å². The van der Waals surface area contributed by atoms with E-state index in [0.717, 1.165) is 0 Å². The molecule has 2 amide bonds. The summed E-state index contributed by atoms with van der Waals surface area (Å²) in [6, 6.07) is 0.253. The first kappa shape index (κ1) is 13.0. The van der Waals surface area contributed by atoms with Crippen molar-refractivity contribution in [3.63, 3.8) is 0 Å². The van der Waals surface area contributed by atoms with Crippen LogP contribution in [0.5, 0.6) is 0 Å². The SMILES string of the molecule is CC(=O)Nc1nc(C(=O)N(C)[C@@H](C)C2CC2)cs1. The number of nitrogens with one attached hydrogen (secondary N) is 1. The summed E-state index contributed by atoms with van der Waals surface area (Å²) < 4.78 is 0. The van der Waals surface area contributed by atoms with Crippen LogP contribution in [0.4, 0.5) is 5.13 Å². The van der Waals surface area contributed by atoms with Crippen molar-refractivity contribution >= 4 is 28.3 Å². The summed E-state index contributed by atoms with van der Waals surface area (Å²) in [7, 11) is 1.81. The van der Waals surface area contributed by atoms with Crippen molar-refractivity contribution in [2.24, 2.45) is 5.92 Å². The Balaban J connectivity index is 2.03. The third kappa shape index (κ3) is 2.87. The molecule has 0 bridgehead atoms. The van der Waals surface area contributed by atoms with Crippen LogP contribution < -0.4 is 5.32 Å². The molecule has 1 aromatic rings. The van der Waals surface area contributed by atoms with E-state index in [2.05, 4.69) is 17.2 Å². The van der Waals surface area contributed by atoms with Crippen LogP contribution in [-0.4, -0.2) is 34.8 Å². The first-order valence-corrected chi connectivity index (χ1v) is 6.87. The summed E-state index contributed by atoms with van der Waals surface area (Å²) in [5, 5.41) is 4.74. The van der Waals surface area contributed by atoms with Crippen LogP contribution in [-0.2, 0) is 4.79 Å². The molecule has 0 spiro atoms. The standard InChI is InChI=1S/C12H17N3O2S/c1-7(9-4-5-9)15(3)11(17)10-6-18-12(14-10)13-8(2)16/h6-7,9H,4-5H2,1-3H3,(H,13,14,16)/t7-/m0/s1. The number of carbonyl (C=O) groups excluding carboxylic acids is 2. The molecule has 18 heavy (non-hydrogen) atoms. The third-order valence-electron chi connectivity index (χ3n) is 3.24. The number of aromatic nitrogens is 1. The summed E-state index contributed by atoms with van der Waals surface area (Å²) in [5.74, 6) is 0.373. The van der Waals surface area contributed by atoms with Gasteiger partial charge in [0.15, 0.2) is 5.13 Å². The largest absolute Gasteiger partial charge is 0.337 e. The molecule has 98 valence electrons. The third-order valence-corrected chi connectivity index (χ3v) is 4.00. The molecule has 1 aromatic heterocycles. The first-order valence-electron chi connectivity index (χ1n) is 5.99. The molecule has 1 saturated carbocycles. The van der Waals surface area contributed by atoms with E-state index in [-0.39, 0.29) is 17.9 Å². The predicted molar refractivity (Wildman–Crippen MR) is 70.7 cm³/mol. The lowest BCUT2D eigenvalue weighted by Crippen LogP contribution is -2.36. The van der Waals surface area contributed by atoms with Gasteiger partial charge in [-0.1, -0.05) is 0 Å². The van der Waals surface area contributed by atoms with E-state index in [1.54, 1.807) is 10.3 Å². The van der Waals surface area contributed by atoms with Gasteiger partial charge in [0.2, 0.25) is 5.91 Å². The molecule has 1 aliphatic rings. The summed E-state index contributed by atoms with van der Waals surface area (Å²) in [4.78, 5) is 28.9. The molecule has 0 saturated heterocycles. The first-order chi connectivity index (χ1) is 8.49. The quantitative estimate of drug-likeness (QED) is 0.907. The van der Waals surface area contributed by atoms with Gasteiger partial charge in [-0.3, -0.25) is 9.59 Å². The van der Waals surface area contributed by atoms with E-state index in [1.807, 2.05) is 7.05 Å². The van der Waals surface area contributed by atoms with E-state index in [1.165, 1.54) is 31.1 Å². The van der Waals surface area contributed by atoms with Crippen molar-refractivity contribution < 1.29 is 9.59 Å². The maximum Gasteiger partial charge on any atom is 0.273 e.